The van der Waals surface area contributed by atoms with Gasteiger partial charge in [0.25, 0.3) is 0 Å². The predicted octanol–water partition coefficient (Wildman–Crippen LogP) is 4.57. The molecule has 0 aliphatic rings. The predicted molar refractivity (Wildman–Crippen MR) is 84.0 cm³/mol. The zero-order chi connectivity index (χ0) is 13.5. The maximum Gasteiger partial charge on any atom is 0.207 e. The molecule has 4 nitrogen and oxygen atoms in total. The summed E-state index contributed by atoms with van der Waals surface area (Å²) in [5.74, 6) is 0.691. The van der Waals surface area contributed by atoms with Gasteiger partial charge in [-0.15, -0.1) is 0 Å². The van der Waals surface area contributed by atoms with Gasteiger partial charge in [0.2, 0.25) is 5.95 Å². The fraction of sp³-hybridized carbons (Fsp3) is 0. The standard InChI is InChI=1S/C14H9ClN4S/c15-8-5-6-11-12(7-8)20-14(18-11)19-13-16-9-3-1-2-4-10(9)17-13/h1-7H,(H2,16,17,18,19). The van der Waals surface area contributed by atoms with Crippen LogP contribution in [0.25, 0.3) is 21.3 Å². The van der Waals surface area contributed by atoms with Gasteiger partial charge in [0.1, 0.15) is 0 Å². The van der Waals surface area contributed by atoms with E-state index in [1.807, 2.05) is 42.5 Å². The Morgan fingerprint density at radius 2 is 1.95 bits per heavy atom. The SMILES string of the molecule is Clc1ccc2nc(Nc3nc4ccccc4[nH]3)sc2c1. The van der Waals surface area contributed by atoms with Gasteiger partial charge < -0.3 is 10.3 Å². The van der Waals surface area contributed by atoms with Crippen molar-refractivity contribution in [2.24, 2.45) is 0 Å². The van der Waals surface area contributed by atoms with Gasteiger partial charge in [-0.25, -0.2) is 9.97 Å². The Bertz CT molecular complexity index is 879. The average molecular weight is 301 g/mol. The zero-order valence-electron chi connectivity index (χ0n) is 10.2. The Hall–Kier alpha value is -2.11. The van der Waals surface area contributed by atoms with Crippen molar-refractivity contribution in [3.05, 3.63) is 47.5 Å². The average Bonchev–Trinajstić information content (AvgIpc) is 3.00. The minimum absolute atomic E-state index is 0.691. The molecule has 2 heterocycles. The van der Waals surface area contributed by atoms with Crippen LogP contribution < -0.4 is 5.32 Å². The molecule has 4 rings (SSSR count). The highest BCUT2D eigenvalue weighted by atomic mass is 35.5. The summed E-state index contributed by atoms with van der Waals surface area (Å²) in [6, 6.07) is 13.6. The molecule has 0 amide bonds. The highest BCUT2D eigenvalue weighted by molar-refractivity contribution is 7.22. The fourth-order valence-electron chi connectivity index (χ4n) is 2.07. The highest BCUT2D eigenvalue weighted by Gasteiger charge is 2.07. The van der Waals surface area contributed by atoms with Crippen molar-refractivity contribution in [1.29, 1.82) is 0 Å². The molecule has 0 saturated carbocycles. The lowest BCUT2D eigenvalue weighted by Gasteiger charge is -1.94. The van der Waals surface area contributed by atoms with Crippen LogP contribution >= 0.6 is 22.9 Å². The first-order valence-corrected chi connectivity index (χ1v) is 7.25. The number of halogens is 1. The van der Waals surface area contributed by atoms with Gasteiger partial charge in [-0.1, -0.05) is 35.1 Å². The second-order valence-corrected chi connectivity index (χ2v) is 5.83. The molecule has 98 valence electrons. The van der Waals surface area contributed by atoms with E-state index in [-0.39, 0.29) is 0 Å². The van der Waals surface area contributed by atoms with E-state index in [1.165, 1.54) is 0 Å². The normalized spacial score (nSPS) is 11.2. The first-order valence-electron chi connectivity index (χ1n) is 6.06. The maximum absolute atomic E-state index is 5.98. The van der Waals surface area contributed by atoms with E-state index in [4.69, 9.17) is 11.6 Å². The van der Waals surface area contributed by atoms with Crippen LogP contribution in [0.15, 0.2) is 42.5 Å². The largest absolute Gasteiger partial charge is 0.324 e. The molecule has 2 aromatic carbocycles. The summed E-state index contributed by atoms with van der Waals surface area (Å²) < 4.78 is 1.05. The van der Waals surface area contributed by atoms with Crippen LogP contribution in [0.3, 0.4) is 0 Å². The molecule has 0 radical (unpaired) electrons. The van der Waals surface area contributed by atoms with E-state index in [0.717, 1.165) is 31.4 Å². The van der Waals surface area contributed by atoms with Crippen molar-refractivity contribution in [2.45, 2.75) is 0 Å². The first kappa shape index (κ1) is 11.7. The van der Waals surface area contributed by atoms with E-state index in [0.29, 0.717) is 5.95 Å². The molecule has 0 unspecified atom stereocenters. The molecule has 6 heteroatoms. The lowest BCUT2D eigenvalue weighted by molar-refractivity contribution is 1.29. The van der Waals surface area contributed by atoms with E-state index >= 15 is 0 Å². The van der Waals surface area contributed by atoms with E-state index in [9.17, 15) is 0 Å². The van der Waals surface area contributed by atoms with E-state index in [2.05, 4.69) is 20.3 Å². The second-order valence-electron chi connectivity index (χ2n) is 4.36. The smallest absolute Gasteiger partial charge is 0.207 e. The molecule has 2 N–H and O–H groups in total. The van der Waals surface area contributed by atoms with Gasteiger partial charge in [-0.05, 0) is 30.3 Å². The molecular weight excluding hydrogens is 292 g/mol. The van der Waals surface area contributed by atoms with Crippen LogP contribution in [-0.2, 0) is 0 Å². The van der Waals surface area contributed by atoms with Gasteiger partial charge >= 0.3 is 0 Å². The summed E-state index contributed by atoms with van der Waals surface area (Å²) in [4.78, 5) is 12.2. The maximum atomic E-state index is 5.98. The Kier molecular flexibility index (Phi) is 2.61. The number of nitrogens with one attached hydrogen (secondary N) is 2. The highest BCUT2D eigenvalue weighted by Crippen LogP contribution is 2.29. The van der Waals surface area contributed by atoms with Crippen molar-refractivity contribution in [1.82, 2.24) is 15.0 Å². The first-order chi connectivity index (χ1) is 9.78. The summed E-state index contributed by atoms with van der Waals surface area (Å²) in [5.41, 5.74) is 2.86. The minimum Gasteiger partial charge on any atom is -0.324 e. The molecule has 0 bridgehead atoms. The van der Waals surface area contributed by atoms with Gasteiger partial charge in [-0.3, -0.25) is 0 Å². The Labute approximate surface area is 123 Å². The van der Waals surface area contributed by atoms with Gasteiger partial charge in [0.05, 0.1) is 21.3 Å². The van der Waals surface area contributed by atoms with Crippen molar-refractivity contribution >= 4 is 55.3 Å². The third kappa shape index (κ3) is 2.01. The number of hydrogen-bond acceptors (Lipinski definition) is 4. The molecule has 2 aromatic heterocycles. The summed E-state index contributed by atoms with van der Waals surface area (Å²) >= 11 is 7.53. The minimum atomic E-state index is 0.691. The number of benzene rings is 2. The number of thiazole rings is 1. The van der Waals surface area contributed by atoms with Crippen LogP contribution in [0.2, 0.25) is 5.02 Å². The molecule has 0 aliphatic heterocycles. The second kappa shape index (κ2) is 4.47. The lowest BCUT2D eigenvalue weighted by Crippen LogP contribution is -1.90. The number of para-hydroxylation sites is 2. The number of nitrogens with zero attached hydrogens (tertiary/aromatic N) is 2. The fourth-order valence-corrected chi connectivity index (χ4v) is 3.21. The van der Waals surface area contributed by atoms with Gasteiger partial charge in [0, 0.05) is 5.02 Å². The number of hydrogen-bond donors (Lipinski definition) is 2. The number of H-pyrrole nitrogens is 1. The van der Waals surface area contributed by atoms with Gasteiger partial charge in [0.15, 0.2) is 5.13 Å². The number of imidazole rings is 1. The number of aromatic nitrogens is 3. The van der Waals surface area contributed by atoms with Crippen LogP contribution in [-0.4, -0.2) is 15.0 Å². The van der Waals surface area contributed by atoms with Crippen LogP contribution in [0, 0.1) is 0 Å². The molecule has 0 fully saturated rings. The van der Waals surface area contributed by atoms with Crippen molar-refractivity contribution in [3.8, 4) is 0 Å². The van der Waals surface area contributed by atoms with Crippen LogP contribution in [0.1, 0.15) is 0 Å². The Morgan fingerprint density at radius 1 is 1.05 bits per heavy atom. The Morgan fingerprint density at radius 3 is 2.85 bits per heavy atom. The summed E-state index contributed by atoms with van der Waals surface area (Å²) in [6.45, 7) is 0. The molecule has 4 aromatic rings. The summed E-state index contributed by atoms with van der Waals surface area (Å²) in [5, 5.41) is 4.71. The molecule has 0 aliphatic carbocycles. The number of fused-ring (bicyclic) bond motifs is 2. The summed E-state index contributed by atoms with van der Waals surface area (Å²) in [6.07, 6.45) is 0. The number of anilines is 2. The summed E-state index contributed by atoms with van der Waals surface area (Å²) in [7, 11) is 0. The number of rotatable bonds is 2. The molecule has 0 atom stereocenters. The lowest BCUT2D eigenvalue weighted by atomic mass is 10.3. The third-order valence-corrected chi connectivity index (χ3v) is 4.13. The topological polar surface area (TPSA) is 53.6 Å². The molecular formula is C14H9ClN4S. The van der Waals surface area contributed by atoms with Crippen molar-refractivity contribution < 1.29 is 0 Å². The van der Waals surface area contributed by atoms with Crippen molar-refractivity contribution in [3.63, 3.8) is 0 Å². The van der Waals surface area contributed by atoms with Gasteiger partial charge in [-0.2, -0.15) is 0 Å². The number of aromatic amines is 1. The molecule has 0 saturated heterocycles. The zero-order valence-corrected chi connectivity index (χ0v) is 11.8. The third-order valence-electron chi connectivity index (χ3n) is 2.97. The van der Waals surface area contributed by atoms with Crippen LogP contribution in [0.4, 0.5) is 11.1 Å². The molecule has 20 heavy (non-hydrogen) atoms. The van der Waals surface area contributed by atoms with E-state index in [1.54, 1.807) is 11.3 Å². The monoisotopic (exact) mass is 300 g/mol. The van der Waals surface area contributed by atoms with Crippen molar-refractivity contribution in [2.75, 3.05) is 5.32 Å². The molecule has 0 spiro atoms. The van der Waals surface area contributed by atoms with Crippen LogP contribution in [0.5, 0.6) is 0 Å². The van der Waals surface area contributed by atoms with E-state index < -0.39 is 0 Å². The Balaban J connectivity index is 1.72. The quantitative estimate of drug-likeness (QED) is 0.570.